The van der Waals surface area contributed by atoms with Crippen molar-refractivity contribution >= 4 is 59.0 Å². The van der Waals surface area contributed by atoms with E-state index in [0.29, 0.717) is 35.5 Å². The lowest BCUT2D eigenvalue weighted by Gasteiger charge is -2.21. The second kappa shape index (κ2) is 11.9. The summed E-state index contributed by atoms with van der Waals surface area (Å²) < 4.78 is 5.36. The minimum Gasteiger partial charge on any atom is -0.377 e. The van der Waals surface area contributed by atoms with Gasteiger partial charge >= 0.3 is 0 Å². The third-order valence-electron chi connectivity index (χ3n) is 3.03. The van der Waals surface area contributed by atoms with Gasteiger partial charge in [0.25, 0.3) is 0 Å². The minimum atomic E-state index is -0.290. The van der Waals surface area contributed by atoms with E-state index in [9.17, 15) is 0 Å². The van der Waals surface area contributed by atoms with Crippen molar-refractivity contribution < 1.29 is 4.74 Å². The highest BCUT2D eigenvalue weighted by Crippen LogP contribution is 2.21. The third kappa shape index (κ3) is 9.10. The molecule has 1 aromatic heterocycles. The van der Waals surface area contributed by atoms with Crippen LogP contribution in [0.1, 0.15) is 20.8 Å². The van der Waals surface area contributed by atoms with Gasteiger partial charge in [-0.05, 0) is 26.8 Å². The number of nitrogens with zero attached hydrogens (tertiary/aromatic N) is 2. The van der Waals surface area contributed by atoms with Crippen molar-refractivity contribution in [3.8, 4) is 0 Å². The summed E-state index contributed by atoms with van der Waals surface area (Å²) >= 11 is 11.9. The Bertz CT molecular complexity index is 529. The van der Waals surface area contributed by atoms with Crippen LogP contribution in [0.3, 0.4) is 0 Å². The van der Waals surface area contributed by atoms with E-state index in [-0.39, 0.29) is 29.6 Å². The predicted octanol–water partition coefficient (Wildman–Crippen LogP) is 3.40. The molecule has 9 heteroatoms. The van der Waals surface area contributed by atoms with Crippen molar-refractivity contribution in [2.24, 2.45) is 4.99 Å². The van der Waals surface area contributed by atoms with Gasteiger partial charge in [-0.1, -0.05) is 23.2 Å². The van der Waals surface area contributed by atoms with Crippen molar-refractivity contribution in [3.05, 3.63) is 22.3 Å². The van der Waals surface area contributed by atoms with Crippen molar-refractivity contribution in [2.75, 3.05) is 38.6 Å². The number of halogens is 3. The number of nitrogens with one attached hydrogen (secondary N) is 3. The molecule has 1 heterocycles. The summed E-state index contributed by atoms with van der Waals surface area (Å²) in [5.74, 6) is 1.36. The van der Waals surface area contributed by atoms with Crippen LogP contribution in [0.15, 0.2) is 17.3 Å². The molecule has 0 radical (unpaired) electrons. The largest absolute Gasteiger partial charge is 0.377 e. The second-order valence-electron chi connectivity index (χ2n) is 5.50. The van der Waals surface area contributed by atoms with E-state index in [1.807, 2.05) is 20.8 Å². The Labute approximate surface area is 171 Å². The van der Waals surface area contributed by atoms with E-state index in [1.165, 1.54) is 0 Å². The lowest BCUT2D eigenvalue weighted by atomic mass is 10.1. The standard InChI is InChI=1S/C15H25Cl2N5O.HI/c1-5-18-14(22-10-15(2,3)23-4)20-7-6-19-13-12(17)8-11(16)9-21-13;/h8-9H,5-7,10H2,1-4H3,(H,19,21)(H2,18,20,22);1H. The molecule has 0 unspecified atom stereocenters. The number of aliphatic imine (C=N–C) groups is 1. The lowest BCUT2D eigenvalue weighted by Crippen LogP contribution is -2.41. The summed E-state index contributed by atoms with van der Waals surface area (Å²) in [5, 5.41) is 10.6. The monoisotopic (exact) mass is 489 g/mol. The summed E-state index contributed by atoms with van der Waals surface area (Å²) in [7, 11) is 1.68. The number of ether oxygens (including phenoxy) is 1. The van der Waals surface area contributed by atoms with E-state index < -0.39 is 0 Å². The van der Waals surface area contributed by atoms with Crippen LogP contribution in [-0.4, -0.2) is 49.8 Å². The maximum atomic E-state index is 6.06. The molecule has 0 saturated heterocycles. The first-order chi connectivity index (χ1) is 10.9. The number of guanidine groups is 1. The molecule has 0 aliphatic rings. The Kier molecular flexibility index (Phi) is 11.7. The van der Waals surface area contributed by atoms with Crippen LogP contribution >= 0.6 is 47.2 Å². The van der Waals surface area contributed by atoms with E-state index in [4.69, 9.17) is 27.9 Å². The molecule has 24 heavy (non-hydrogen) atoms. The van der Waals surface area contributed by atoms with Crippen molar-refractivity contribution in [3.63, 3.8) is 0 Å². The van der Waals surface area contributed by atoms with Crippen molar-refractivity contribution in [1.29, 1.82) is 0 Å². The molecular weight excluding hydrogens is 464 g/mol. The summed E-state index contributed by atoms with van der Waals surface area (Å²) in [5.41, 5.74) is -0.290. The van der Waals surface area contributed by atoms with Crippen LogP contribution in [-0.2, 0) is 4.74 Å². The zero-order valence-electron chi connectivity index (χ0n) is 14.4. The number of hydrogen-bond acceptors (Lipinski definition) is 4. The summed E-state index contributed by atoms with van der Waals surface area (Å²) in [6.45, 7) is 8.68. The fourth-order valence-electron chi connectivity index (χ4n) is 1.58. The first-order valence-corrected chi connectivity index (χ1v) is 8.26. The van der Waals surface area contributed by atoms with E-state index in [1.54, 1.807) is 19.4 Å². The highest BCUT2D eigenvalue weighted by Gasteiger charge is 2.15. The SMILES string of the molecule is CCNC(=NCC(C)(C)OC)NCCNc1ncc(Cl)cc1Cl.I. The number of pyridine rings is 1. The summed E-state index contributed by atoms with van der Waals surface area (Å²) in [6.07, 6.45) is 1.56. The molecule has 0 saturated carbocycles. The number of rotatable bonds is 8. The van der Waals surface area contributed by atoms with Crippen LogP contribution < -0.4 is 16.0 Å². The number of anilines is 1. The molecule has 1 aromatic rings. The fraction of sp³-hybridized carbons (Fsp3) is 0.600. The van der Waals surface area contributed by atoms with Crippen LogP contribution in [0, 0.1) is 0 Å². The molecule has 0 spiro atoms. The molecule has 0 fully saturated rings. The van der Waals surface area contributed by atoms with Gasteiger partial charge in [0.2, 0.25) is 0 Å². The molecule has 6 nitrogen and oxygen atoms in total. The highest BCUT2D eigenvalue weighted by molar-refractivity contribution is 14.0. The van der Waals surface area contributed by atoms with Crippen LogP contribution in [0.25, 0.3) is 0 Å². The van der Waals surface area contributed by atoms with Crippen molar-refractivity contribution in [2.45, 2.75) is 26.4 Å². The number of methoxy groups -OCH3 is 1. The van der Waals surface area contributed by atoms with Gasteiger partial charge in [-0.2, -0.15) is 0 Å². The number of aromatic nitrogens is 1. The fourth-order valence-corrected chi connectivity index (χ4v) is 2.03. The third-order valence-corrected chi connectivity index (χ3v) is 3.53. The van der Waals surface area contributed by atoms with Crippen LogP contribution in [0.4, 0.5) is 5.82 Å². The molecule has 3 N–H and O–H groups in total. The average Bonchev–Trinajstić information content (AvgIpc) is 2.50. The molecule has 0 aliphatic heterocycles. The Morgan fingerprint density at radius 3 is 2.58 bits per heavy atom. The van der Waals surface area contributed by atoms with Gasteiger partial charge in [0.1, 0.15) is 5.82 Å². The molecular formula is C15H26Cl2IN5O. The van der Waals surface area contributed by atoms with Gasteiger partial charge in [0.15, 0.2) is 5.96 Å². The zero-order valence-corrected chi connectivity index (χ0v) is 18.3. The quantitative estimate of drug-likeness (QED) is 0.226. The number of hydrogen-bond donors (Lipinski definition) is 3. The van der Waals surface area contributed by atoms with Gasteiger partial charge in [-0.3, -0.25) is 4.99 Å². The normalized spacial score (nSPS) is 11.7. The molecule has 138 valence electrons. The Balaban J connectivity index is 0.00000529. The Morgan fingerprint density at radius 2 is 2.00 bits per heavy atom. The molecule has 1 rings (SSSR count). The molecule has 0 bridgehead atoms. The van der Waals surface area contributed by atoms with Gasteiger partial charge in [0, 0.05) is 32.9 Å². The predicted molar refractivity (Wildman–Crippen MR) is 113 cm³/mol. The lowest BCUT2D eigenvalue weighted by molar-refractivity contribution is 0.0311. The molecule has 0 atom stereocenters. The molecule has 0 aliphatic carbocycles. The first kappa shape index (κ1) is 23.5. The zero-order chi connectivity index (χ0) is 17.3. The van der Waals surface area contributed by atoms with Gasteiger partial charge in [-0.25, -0.2) is 4.98 Å². The van der Waals surface area contributed by atoms with Gasteiger partial charge < -0.3 is 20.7 Å². The molecule has 0 aromatic carbocycles. The summed E-state index contributed by atoms with van der Waals surface area (Å²) in [4.78, 5) is 8.66. The average molecular weight is 490 g/mol. The summed E-state index contributed by atoms with van der Waals surface area (Å²) in [6, 6.07) is 1.66. The Morgan fingerprint density at radius 1 is 1.29 bits per heavy atom. The first-order valence-electron chi connectivity index (χ1n) is 7.50. The smallest absolute Gasteiger partial charge is 0.191 e. The minimum absolute atomic E-state index is 0. The van der Waals surface area contributed by atoms with Gasteiger partial charge in [0.05, 0.1) is 22.2 Å². The van der Waals surface area contributed by atoms with E-state index in [0.717, 1.165) is 12.5 Å². The second-order valence-corrected chi connectivity index (χ2v) is 6.34. The van der Waals surface area contributed by atoms with Crippen molar-refractivity contribution in [1.82, 2.24) is 15.6 Å². The van der Waals surface area contributed by atoms with Gasteiger partial charge in [-0.15, -0.1) is 24.0 Å². The molecule has 0 amide bonds. The van der Waals surface area contributed by atoms with E-state index >= 15 is 0 Å². The van der Waals surface area contributed by atoms with Crippen LogP contribution in [0.2, 0.25) is 10.0 Å². The maximum absolute atomic E-state index is 6.06. The Hall–Kier alpha value is -0.510. The highest BCUT2D eigenvalue weighted by atomic mass is 127. The topological polar surface area (TPSA) is 70.6 Å². The van der Waals surface area contributed by atoms with E-state index in [2.05, 4.69) is 25.9 Å². The maximum Gasteiger partial charge on any atom is 0.191 e. The van der Waals surface area contributed by atoms with Crippen LogP contribution in [0.5, 0.6) is 0 Å².